The summed E-state index contributed by atoms with van der Waals surface area (Å²) < 4.78 is 10.9. The van der Waals surface area contributed by atoms with Crippen molar-refractivity contribution in [3.05, 3.63) is 77.8 Å². The lowest BCUT2D eigenvalue weighted by Crippen LogP contribution is -2.25. The molecular formula is C27H29N7OS2. The maximum absolute atomic E-state index is 5.94. The fraction of sp³-hybridized carbons (Fsp3) is 0.333. The first-order valence-corrected chi connectivity index (χ1v) is 14.5. The van der Waals surface area contributed by atoms with E-state index in [2.05, 4.69) is 39.4 Å². The highest BCUT2D eigenvalue weighted by Gasteiger charge is 2.13. The third-order valence-corrected chi connectivity index (χ3v) is 8.39. The van der Waals surface area contributed by atoms with E-state index in [9.17, 15) is 0 Å². The van der Waals surface area contributed by atoms with Crippen LogP contribution < -0.4 is 4.74 Å². The molecule has 0 unspecified atom stereocenters. The Hall–Kier alpha value is -3.21. The standard InChI is InChI=1S/C27H29N7OS2/c1-2-12-32(11-1)13-15-35-23-8-6-21(7-9-23)18-25-30-26-5-3-4-24(34(26)31-25)22-19-29-33(20-22)14-17-37-27-28-10-16-36-27/h3-10,16,19-20H,1-2,11-15,17-18H2. The van der Waals surface area contributed by atoms with E-state index in [0.717, 1.165) is 63.8 Å². The second-order valence-corrected chi connectivity index (χ2v) is 11.3. The molecule has 0 amide bonds. The normalized spacial score (nSPS) is 14.1. The maximum Gasteiger partial charge on any atom is 0.156 e. The monoisotopic (exact) mass is 531 g/mol. The van der Waals surface area contributed by atoms with Gasteiger partial charge in [-0.05, 0) is 55.8 Å². The Morgan fingerprint density at radius 2 is 1.92 bits per heavy atom. The molecule has 1 aliphatic heterocycles. The molecule has 1 saturated heterocycles. The van der Waals surface area contributed by atoms with Gasteiger partial charge in [0.1, 0.15) is 16.7 Å². The van der Waals surface area contributed by atoms with Gasteiger partial charge in [0, 0.05) is 42.1 Å². The van der Waals surface area contributed by atoms with Gasteiger partial charge in [0.05, 0.1) is 18.4 Å². The molecule has 5 aromatic rings. The highest BCUT2D eigenvalue weighted by atomic mass is 32.2. The van der Waals surface area contributed by atoms with Gasteiger partial charge in [-0.1, -0.05) is 30.0 Å². The van der Waals surface area contributed by atoms with E-state index < -0.39 is 0 Å². The summed E-state index contributed by atoms with van der Waals surface area (Å²) in [5, 5.41) is 11.4. The molecule has 1 aliphatic rings. The van der Waals surface area contributed by atoms with Gasteiger partial charge in [-0.3, -0.25) is 9.58 Å². The van der Waals surface area contributed by atoms with Crippen molar-refractivity contribution in [1.29, 1.82) is 0 Å². The van der Waals surface area contributed by atoms with Gasteiger partial charge in [-0.15, -0.1) is 11.3 Å². The van der Waals surface area contributed by atoms with E-state index in [-0.39, 0.29) is 0 Å². The molecule has 4 aromatic heterocycles. The summed E-state index contributed by atoms with van der Waals surface area (Å²) in [5.74, 6) is 2.63. The number of likely N-dealkylation sites (tertiary alicyclic amines) is 1. The molecule has 37 heavy (non-hydrogen) atoms. The highest BCUT2D eigenvalue weighted by molar-refractivity contribution is 8.00. The van der Waals surface area contributed by atoms with Crippen molar-refractivity contribution in [2.45, 2.75) is 30.1 Å². The summed E-state index contributed by atoms with van der Waals surface area (Å²) in [6.07, 6.45) is 9.10. The highest BCUT2D eigenvalue weighted by Crippen LogP contribution is 2.23. The van der Waals surface area contributed by atoms with Gasteiger partial charge in [0.15, 0.2) is 11.5 Å². The van der Waals surface area contributed by atoms with Gasteiger partial charge < -0.3 is 4.74 Å². The number of nitrogens with zero attached hydrogens (tertiary/aromatic N) is 7. The van der Waals surface area contributed by atoms with Crippen molar-refractivity contribution in [3.8, 4) is 17.0 Å². The largest absolute Gasteiger partial charge is 0.492 e. The third-order valence-electron chi connectivity index (χ3n) is 6.45. The van der Waals surface area contributed by atoms with Crippen LogP contribution in [-0.4, -0.2) is 66.3 Å². The number of aromatic nitrogens is 6. The van der Waals surface area contributed by atoms with E-state index >= 15 is 0 Å². The van der Waals surface area contributed by atoms with E-state index in [1.807, 2.05) is 51.2 Å². The SMILES string of the molecule is c1cc(-c2cnn(CCSc3nccs3)c2)n2nc(Cc3ccc(OCCN4CCCC4)cc3)nc2c1. The predicted octanol–water partition coefficient (Wildman–Crippen LogP) is 4.91. The first kappa shape index (κ1) is 24.1. The molecule has 0 saturated carbocycles. The number of thiazole rings is 1. The van der Waals surface area contributed by atoms with Crippen molar-refractivity contribution in [2.75, 3.05) is 32.0 Å². The van der Waals surface area contributed by atoms with Crippen LogP contribution in [-0.2, 0) is 13.0 Å². The Bertz CT molecular complexity index is 1420. The van der Waals surface area contributed by atoms with E-state index in [1.54, 1.807) is 23.1 Å². The molecule has 5 heterocycles. The van der Waals surface area contributed by atoms with Crippen molar-refractivity contribution < 1.29 is 4.74 Å². The number of hydrogen-bond donors (Lipinski definition) is 0. The van der Waals surface area contributed by atoms with Crippen LogP contribution in [0.3, 0.4) is 0 Å². The molecule has 0 atom stereocenters. The molecule has 0 spiro atoms. The van der Waals surface area contributed by atoms with E-state index in [4.69, 9.17) is 14.8 Å². The minimum atomic E-state index is 0.669. The lowest BCUT2D eigenvalue weighted by Gasteiger charge is -2.14. The van der Waals surface area contributed by atoms with Gasteiger partial charge in [0.25, 0.3) is 0 Å². The number of rotatable bonds is 11. The van der Waals surface area contributed by atoms with Crippen LogP contribution in [0.2, 0.25) is 0 Å². The topological polar surface area (TPSA) is 73.4 Å². The number of aryl methyl sites for hydroxylation is 1. The Kier molecular flexibility index (Phi) is 7.47. The van der Waals surface area contributed by atoms with E-state index in [0.29, 0.717) is 6.42 Å². The van der Waals surface area contributed by atoms with Crippen molar-refractivity contribution >= 4 is 28.7 Å². The van der Waals surface area contributed by atoms with Crippen molar-refractivity contribution in [3.63, 3.8) is 0 Å². The fourth-order valence-electron chi connectivity index (χ4n) is 4.55. The van der Waals surface area contributed by atoms with Crippen LogP contribution in [0.4, 0.5) is 0 Å². The zero-order chi connectivity index (χ0) is 24.9. The Labute approximate surface area is 224 Å². The molecule has 0 N–H and O–H groups in total. The number of ether oxygens (including phenoxy) is 1. The lowest BCUT2D eigenvalue weighted by molar-refractivity contribution is 0.238. The molecule has 190 valence electrons. The summed E-state index contributed by atoms with van der Waals surface area (Å²) in [4.78, 5) is 11.6. The molecule has 10 heteroatoms. The molecule has 0 bridgehead atoms. The summed E-state index contributed by atoms with van der Waals surface area (Å²) >= 11 is 3.42. The Morgan fingerprint density at radius 1 is 1.03 bits per heavy atom. The smallest absolute Gasteiger partial charge is 0.156 e. The summed E-state index contributed by atoms with van der Waals surface area (Å²) in [6, 6.07) is 14.4. The quantitative estimate of drug-likeness (QED) is 0.224. The third kappa shape index (κ3) is 6.03. The van der Waals surface area contributed by atoms with Gasteiger partial charge in [0.2, 0.25) is 0 Å². The van der Waals surface area contributed by atoms with Crippen LogP contribution >= 0.6 is 23.1 Å². The average Bonchev–Trinajstić information content (AvgIpc) is 3.72. The average molecular weight is 532 g/mol. The molecule has 8 nitrogen and oxygen atoms in total. The lowest BCUT2D eigenvalue weighted by atomic mass is 10.1. The number of thioether (sulfide) groups is 1. The zero-order valence-electron chi connectivity index (χ0n) is 20.6. The van der Waals surface area contributed by atoms with Crippen LogP contribution in [0, 0.1) is 0 Å². The molecule has 0 radical (unpaired) electrons. The van der Waals surface area contributed by atoms with Crippen LogP contribution in [0.25, 0.3) is 16.9 Å². The molecule has 6 rings (SSSR count). The summed E-state index contributed by atoms with van der Waals surface area (Å²) in [6.45, 7) is 4.95. The first-order chi connectivity index (χ1) is 18.3. The number of benzene rings is 1. The first-order valence-electron chi connectivity index (χ1n) is 12.6. The minimum absolute atomic E-state index is 0.669. The maximum atomic E-state index is 5.94. The zero-order valence-corrected chi connectivity index (χ0v) is 22.2. The van der Waals surface area contributed by atoms with Gasteiger partial charge in [-0.2, -0.15) is 10.2 Å². The second-order valence-electron chi connectivity index (χ2n) is 9.07. The predicted molar refractivity (Wildman–Crippen MR) is 147 cm³/mol. The molecule has 1 fully saturated rings. The number of pyridine rings is 1. The molecule has 0 aliphatic carbocycles. The Balaban J connectivity index is 1.08. The minimum Gasteiger partial charge on any atom is -0.492 e. The molecular weight excluding hydrogens is 502 g/mol. The van der Waals surface area contributed by atoms with Crippen molar-refractivity contribution in [1.82, 2.24) is 34.3 Å². The Morgan fingerprint density at radius 3 is 2.76 bits per heavy atom. The van der Waals surface area contributed by atoms with Gasteiger partial charge in [-0.25, -0.2) is 14.5 Å². The van der Waals surface area contributed by atoms with Gasteiger partial charge >= 0.3 is 0 Å². The number of hydrogen-bond acceptors (Lipinski definition) is 8. The van der Waals surface area contributed by atoms with Crippen molar-refractivity contribution in [2.24, 2.45) is 0 Å². The van der Waals surface area contributed by atoms with Crippen LogP contribution in [0.5, 0.6) is 5.75 Å². The summed E-state index contributed by atoms with van der Waals surface area (Å²) in [7, 11) is 0. The van der Waals surface area contributed by atoms with E-state index in [1.165, 1.54) is 25.9 Å². The van der Waals surface area contributed by atoms with Crippen LogP contribution in [0.15, 0.2) is 70.8 Å². The second kappa shape index (κ2) is 11.5. The molecule has 1 aromatic carbocycles. The fourth-order valence-corrected chi connectivity index (χ4v) is 6.19. The number of fused-ring (bicyclic) bond motifs is 1. The van der Waals surface area contributed by atoms with Crippen LogP contribution in [0.1, 0.15) is 24.2 Å². The summed E-state index contributed by atoms with van der Waals surface area (Å²) in [5.41, 5.74) is 4.00.